The van der Waals surface area contributed by atoms with Crippen LogP contribution in [0.4, 0.5) is 0 Å². The molecule has 0 aliphatic carbocycles. The quantitative estimate of drug-likeness (QED) is 0.231. The van der Waals surface area contributed by atoms with E-state index in [1.807, 2.05) is 23.1 Å². The van der Waals surface area contributed by atoms with Crippen molar-refractivity contribution in [2.75, 3.05) is 11.5 Å². The summed E-state index contributed by atoms with van der Waals surface area (Å²) in [7, 11) is 0. The Kier molecular flexibility index (Phi) is 2.56. The molecule has 0 fully saturated rings. The van der Waals surface area contributed by atoms with Crippen LogP contribution in [0.5, 0.6) is 0 Å². The van der Waals surface area contributed by atoms with E-state index in [9.17, 15) is 0 Å². The second-order valence-electron chi connectivity index (χ2n) is 1.54. The smallest absolute Gasteiger partial charge is 0.158 e. The Morgan fingerprint density at radius 2 is 2.62 bits per heavy atom. The molecule has 1 rings (SSSR count). The third-order valence-corrected chi connectivity index (χ3v) is 3.45. The Balaban J connectivity index is 2.49. The third-order valence-electron chi connectivity index (χ3n) is 0.913. The van der Waals surface area contributed by atoms with Crippen molar-refractivity contribution in [1.29, 1.82) is 0 Å². The third kappa shape index (κ3) is 1.60. The lowest BCUT2D eigenvalue weighted by atomic mass is 10.6. The average molecular weight is 144 g/mol. The van der Waals surface area contributed by atoms with Crippen molar-refractivity contribution < 1.29 is 0 Å². The molecule has 1 aliphatic heterocycles. The molecule has 1 heterocycles. The van der Waals surface area contributed by atoms with Crippen LogP contribution >= 0.6 is 11.8 Å². The standard InChI is InChI=1S/C6H8S2/c1-2-6-7-4-3-5-8-6/h1-2H,3-5H2. The van der Waals surface area contributed by atoms with E-state index in [1.54, 1.807) is 6.08 Å². The van der Waals surface area contributed by atoms with Gasteiger partial charge in [-0.2, -0.15) is 17.8 Å². The fourth-order valence-corrected chi connectivity index (χ4v) is 2.73. The number of hydrogen-bond donors (Lipinski definition) is 0. The predicted molar refractivity (Wildman–Crippen MR) is 43.2 cm³/mol. The zero-order valence-corrected chi connectivity index (χ0v) is 6.23. The molecular formula is C6H8S2. The number of hydrogen-bond acceptors (Lipinski definition) is 1. The Labute approximate surface area is 58.3 Å². The molecule has 1 aliphatic rings. The summed E-state index contributed by atoms with van der Waals surface area (Å²) in [6.07, 6.45) is 3.03. The van der Waals surface area contributed by atoms with Gasteiger partial charge in [-0.1, -0.05) is 0 Å². The van der Waals surface area contributed by atoms with Crippen molar-refractivity contribution in [3.63, 3.8) is 0 Å². The highest BCUT2D eigenvalue weighted by molar-refractivity contribution is 8.23. The predicted octanol–water partition coefficient (Wildman–Crippen LogP) is 1.32. The highest BCUT2D eigenvalue weighted by Gasteiger charge is 2.03. The molecule has 0 saturated heterocycles. The molecule has 2 heteroatoms. The fraction of sp³-hybridized carbons (Fsp3) is 0.500. The molecule has 0 bridgehead atoms. The normalized spacial score (nSPS) is 19.8. The van der Waals surface area contributed by atoms with Gasteiger partial charge < -0.3 is 0 Å². The van der Waals surface area contributed by atoms with Crippen LogP contribution in [0.15, 0.2) is 6.08 Å². The first-order valence-corrected chi connectivity index (χ1v) is 4.58. The van der Waals surface area contributed by atoms with E-state index in [2.05, 4.69) is 0 Å². The molecule has 0 aromatic heterocycles. The second-order valence-corrected chi connectivity index (χ2v) is 4.07. The van der Waals surface area contributed by atoms with Gasteiger partial charge in [-0.15, -0.1) is 0 Å². The zero-order valence-electron chi connectivity index (χ0n) is 4.59. The molecular weight excluding hydrogens is 136 g/mol. The first-order chi connectivity index (χ1) is 3.93. The SMILES string of the molecule is [CH-]=CC1=[S+]CCCS1. The van der Waals surface area contributed by atoms with Gasteiger partial charge >= 0.3 is 0 Å². The summed E-state index contributed by atoms with van der Waals surface area (Å²) in [5.74, 6) is 2.49. The average Bonchev–Trinajstić information content (AvgIpc) is 1.90. The summed E-state index contributed by atoms with van der Waals surface area (Å²) in [5, 5.41) is 0. The molecule has 0 N–H and O–H groups in total. The second kappa shape index (κ2) is 3.25. The topological polar surface area (TPSA) is 0 Å². The van der Waals surface area contributed by atoms with Gasteiger partial charge in [-0.25, -0.2) is 0 Å². The van der Waals surface area contributed by atoms with Crippen LogP contribution in [0.1, 0.15) is 6.42 Å². The highest BCUT2D eigenvalue weighted by Crippen LogP contribution is 2.10. The molecule has 0 nitrogen and oxygen atoms in total. The van der Waals surface area contributed by atoms with Gasteiger partial charge in [0.15, 0.2) is 5.75 Å². The van der Waals surface area contributed by atoms with Crippen LogP contribution < -0.4 is 0 Å². The van der Waals surface area contributed by atoms with Crippen molar-refractivity contribution in [1.82, 2.24) is 0 Å². The van der Waals surface area contributed by atoms with E-state index in [4.69, 9.17) is 6.58 Å². The van der Waals surface area contributed by atoms with Gasteiger partial charge in [0, 0.05) is 6.42 Å². The van der Waals surface area contributed by atoms with E-state index in [0.29, 0.717) is 0 Å². The van der Waals surface area contributed by atoms with Gasteiger partial charge in [0.2, 0.25) is 0 Å². The largest absolute Gasteiger partial charge is 0.287 e. The van der Waals surface area contributed by atoms with Gasteiger partial charge in [0.05, 0.1) is 11.4 Å². The highest BCUT2D eigenvalue weighted by atomic mass is 32.2. The van der Waals surface area contributed by atoms with Crippen molar-refractivity contribution in [3.05, 3.63) is 12.7 Å². The molecule has 44 valence electrons. The lowest BCUT2D eigenvalue weighted by Gasteiger charge is -2.01. The molecule has 0 aromatic carbocycles. The lowest BCUT2D eigenvalue weighted by molar-refractivity contribution is 1.13. The maximum atomic E-state index is 5.30. The van der Waals surface area contributed by atoms with Crippen LogP contribution in [-0.4, -0.2) is 15.7 Å². The maximum absolute atomic E-state index is 5.30. The van der Waals surface area contributed by atoms with Crippen molar-refractivity contribution >= 4 is 27.3 Å². The zero-order chi connectivity index (χ0) is 5.82. The molecule has 0 amide bonds. The maximum Gasteiger partial charge on any atom is 0.158 e. The minimum atomic E-state index is 1.25. The number of thioether (sulfide) groups is 1. The van der Waals surface area contributed by atoms with E-state index >= 15 is 0 Å². The summed E-state index contributed by atoms with van der Waals surface area (Å²) in [5.41, 5.74) is 0. The Morgan fingerprint density at radius 1 is 1.75 bits per heavy atom. The molecule has 0 saturated carbocycles. The molecule has 8 heavy (non-hydrogen) atoms. The van der Waals surface area contributed by atoms with Gasteiger partial charge in [-0.3, -0.25) is 6.58 Å². The molecule has 0 atom stereocenters. The minimum absolute atomic E-state index is 1.25. The molecule has 0 aromatic rings. The van der Waals surface area contributed by atoms with E-state index in [0.717, 1.165) is 0 Å². The van der Waals surface area contributed by atoms with Crippen molar-refractivity contribution in [2.24, 2.45) is 0 Å². The van der Waals surface area contributed by atoms with Crippen LogP contribution in [0.2, 0.25) is 0 Å². The van der Waals surface area contributed by atoms with Crippen LogP contribution in [0.3, 0.4) is 0 Å². The van der Waals surface area contributed by atoms with Gasteiger partial charge in [0.25, 0.3) is 0 Å². The summed E-state index contributed by atoms with van der Waals surface area (Å²) in [6, 6.07) is 0. The van der Waals surface area contributed by atoms with Crippen LogP contribution in [-0.2, 0) is 11.4 Å². The van der Waals surface area contributed by atoms with Crippen LogP contribution in [0.25, 0.3) is 0 Å². The molecule has 0 radical (unpaired) electrons. The Bertz CT molecular complexity index is 116. The molecule has 0 unspecified atom stereocenters. The molecule has 0 spiro atoms. The number of rotatable bonds is 1. The summed E-state index contributed by atoms with van der Waals surface area (Å²) < 4.78 is 1.29. The van der Waals surface area contributed by atoms with Gasteiger partial charge in [-0.05, 0) is 5.75 Å². The minimum Gasteiger partial charge on any atom is -0.287 e. The van der Waals surface area contributed by atoms with Crippen LogP contribution in [0, 0.1) is 6.58 Å². The van der Waals surface area contributed by atoms with E-state index < -0.39 is 0 Å². The summed E-state index contributed by atoms with van der Waals surface area (Å²) >= 11 is 3.72. The first-order valence-electron chi connectivity index (χ1n) is 2.61. The first kappa shape index (κ1) is 6.30. The Hall–Kier alpha value is 0.180. The fourth-order valence-electron chi connectivity index (χ4n) is 0.542. The van der Waals surface area contributed by atoms with Gasteiger partial charge in [0.1, 0.15) is 4.20 Å². The monoisotopic (exact) mass is 144 g/mol. The lowest BCUT2D eigenvalue weighted by Crippen LogP contribution is -2.01. The van der Waals surface area contributed by atoms with E-state index in [-0.39, 0.29) is 0 Å². The van der Waals surface area contributed by atoms with E-state index in [1.165, 1.54) is 22.1 Å². The Morgan fingerprint density at radius 3 is 3.00 bits per heavy atom. The van der Waals surface area contributed by atoms with Crippen molar-refractivity contribution in [3.8, 4) is 0 Å². The summed E-state index contributed by atoms with van der Waals surface area (Å²) in [4.78, 5) is 0. The summed E-state index contributed by atoms with van der Waals surface area (Å²) in [6.45, 7) is 5.30. The van der Waals surface area contributed by atoms with Crippen molar-refractivity contribution in [2.45, 2.75) is 6.42 Å².